The van der Waals surface area contributed by atoms with Crippen molar-refractivity contribution in [3.05, 3.63) is 47.7 Å². The molecule has 0 aromatic carbocycles. The summed E-state index contributed by atoms with van der Waals surface area (Å²) in [6, 6.07) is 3.78. The highest BCUT2D eigenvalue weighted by Gasteiger charge is 2.40. The van der Waals surface area contributed by atoms with E-state index in [-0.39, 0.29) is 23.8 Å². The molecule has 2 amide bonds. The second-order valence-electron chi connectivity index (χ2n) is 5.43. The Morgan fingerprint density at radius 2 is 2.14 bits per heavy atom. The number of nitrogens with zero attached hydrogens (tertiary/aromatic N) is 2. The van der Waals surface area contributed by atoms with Crippen LogP contribution in [0.1, 0.15) is 23.8 Å². The molecule has 5 heteroatoms. The highest BCUT2D eigenvalue weighted by molar-refractivity contribution is 7.10. The fourth-order valence-electron chi connectivity index (χ4n) is 2.95. The van der Waals surface area contributed by atoms with Crippen LogP contribution in [-0.2, 0) is 9.59 Å². The molecule has 1 aromatic rings. The summed E-state index contributed by atoms with van der Waals surface area (Å²) in [5.41, 5.74) is 0. The van der Waals surface area contributed by atoms with Crippen molar-refractivity contribution in [3.8, 4) is 0 Å². The maximum Gasteiger partial charge on any atom is 0.228 e. The molecule has 1 aliphatic heterocycles. The Labute approximate surface area is 135 Å². The van der Waals surface area contributed by atoms with E-state index in [1.54, 1.807) is 40.3 Å². The number of rotatable bonds is 6. The third kappa shape index (κ3) is 3.30. The van der Waals surface area contributed by atoms with Crippen LogP contribution < -0.4 is 0 Å². The molecule has 1 fully saturated rings. The molecular weight excluding hydrogens is 296 g/mol. The van der Waals surface area contributed by atoms with E-state index in [1.807, 2.05) is 17.5 Å². The fourth-order valence-corrected chi connectivity index (χ4v) is 3.88. The lowest BCUT2D eigenvalue weighted by atomic mass is 9.86. The molecule has 0 spiro atoms. The first-order chi connectivity index (χ1) is 10.6. The predicted molar refractivity (Wildman–Crippen MR) is 89.5 cm³/mol. The molecular formula is C17H22N2O2S. The van der Waals surface area contributed by atoms with Crippen molar-refractivity contribution >= 4 is 23.2 Å². The van der Waals surface area contributed by atoms with E-state index in [4.69, 9.17) is 0 Å². The third-order valence-electron chi connectivity index (χ3n) is 4.02. The number of hydrogen-bond donors (Lipinski definition) is 0. The summed E-state index contributed by atoms with van der Waals surface area (Å²) in [5.74, 6) is -0.0414. The van der Waals surface area contributed by atoms with Crippen molar-refractivity contribution in [2.45, 2.75) is 18.9 Å². The van der Waals surface area contributed by atoms with Gasteiger partial charge in [0.25, 0.3) is 0 Å². The Kier molecular flexibility index (Phi) is 5.55. The first-order valence-corrected chi connectivity index (χ1v) is 8.27. The number of piperidine rings is 1. The van der Waals surface area contributed by atoms with Crippen molar-refractivity contribution in [1.82, 2.24) is 9.80 Å². The van der Waals surface area contributed by atoms with Gasteiger partial charge in [-0.2, -0.15) is 0 Å². The van der Waals surface area contributed by atoms with Crippen LogP contribution in [0.15, 0.2) is 42.8 Å². The predicted octanol–water partition coefficient (Wildman–Crippen LogP) is 2.86. The maximum absolute atomic E-state index is 12.9. The number of carbonyl (C=O) groups is 2. The molecule has 0 aliphatic carbocycles. The van der Waals surface area contributed by atoms with Crippen molar-refractivity contribution < 1.29 is 9.59 Å². The Morgan fingerprint density at radius 3 is 2.68 bits per heavy atom. The molecule has 0 unspecified atom stereocenters. The van der Waals surface area contributed by atoms with Crippen LogP contribution in [0.2, 0.25) is 0 Å². The van der Waals surface area contributed by atoms with Gasteiger partial charge in [0.2, 0.25) is 11.8 Å². The Hall–Kier alpha value is -1.88. The Balaban J connectivity index is 2.29. The summed E-state index contributed by atoms with van der Waals surface area (Å²) in [7, 11) is 1.79. The van der Waals surface area contributed by atoms with Crippen LogP contribution in [0.4, 0.5) is 0 Å². The lowest BCUT2D eigenvalue weighted by Crippen LogP contribution is -2.47. The second kappa shape index (κ2) is 7.40. The highest BCUT2D eigenvalue weighted by atomic mass is 32.1. The lowest BCUT2D eigenvalue weighted by molar-refractivity contribution is -0.146. The third-order valence-corrected chi connectivity index (χ3v) is 4.97. The number of hydrogen-bond acceptors (Lipinski definition) is 3. The van der Waals surface area contributed by atoms with Gasteiger partial charge in [0.05, 0.1) is 12.0 Å². The topological polar surface area (TPSA) is 40.6 Å². The Morgan fingerprint density at radius 1 is 1.45 bits per heavy atom. The van der Waals surface area contributed by atoms with Gasteiger partial charge in [-0.05, 0) is 17.9 Å². The van der Waals surface area contributed by atoms with Crippen LogP contribution in [-0.4, -0.2) is 41.8 Å². The van der Waals surface area contributed by atoms with E-state index < -0.39 is 0 Å². The summed E-state index contributed by atoms with van der Waals surface area (Å²) >= 11 is 1.59. The first kappa shape index (κ1) is 16.5. The maximum atomic E-state index is 12.9. The smallest absolute Gasteiger partial charge is 0.228 e. The molecule has 22 heavy (non-hydrogen) atoms. The van der Waals surface area contributed by atoms with Crippen molar-refractivity contribution in [2.24, 2.45) is 5.92 Å². The van der Waals surface area contributed by atoms with Gasteiger partial charge in [0.15, 0.2) is 0 Å². The SMILES string of the molecule is C=CCN(CC=C)C(=O)[C@H]1CCC(=O)N(C)[C@@H]1c1cccs1. The molecule has 0 bridgehead atoms. The normalized spacial score (nSPS) is 21.5. The van der Waals surface area contributed by atoms with Crippen molar-refractivity contribution in [3.63, 3.8) is 0 Å². The summed E-state index contributed by atoms with van der Waals surface area (Å²) in [6.45, 7) is 8.42. The average molecular weight is 318 g/mol. The van der Waals surface area contributed by atoms with E-state index in [1.165, 1.54) is 0 Å². The van der Waals surface area contributed by atoms with E-state index >= 15 is 0 Å². The van der Waals surface area contributed by atoms with Gasteiger partial charge in [-0.25, -0.2) is 0 Å². The molecule has 1 saturated heterocycles. The number of carbonyl (C=O) groups excluding carboxylic acids is 2. The molecule has 4 nitrogen and oxygen atoms in total. The summed E-state index contributed by atoms with van der Waals surface area (Å²) in [4.78, 5) is 29.5. The molecule has 0 N–H and O–H groups in total. The fraction of sp³-hybridized carbons (Fsp3) is 0.412. The van der Waals surface area contributed by atoms with Gasteiger partial charge < -0.3 is 9.80 Å². The largest absolute Gasteiger partial charge is 0.337 e. The summed E-state index contributed by atoms with van der Waals surface area (Å²) in [6.07, 6.45) is 4.46. The number of amides is 2. The lowest BCUT2D eigenvalue weighted by Gasteiger charge is -2.39. The van der Waals surface area contributed by atoms with Crippen LogP contribution in [0.25, 0.3) is 0 Å². The minimum atomic E-state index is -0.207. The van der Waals surface area contributed by atoms with Gasteiger partial charge in [-0.1, -0.05) is 18.2 Å². The quantitative estimate of drug-likeness (QED) is 0.757. The molecule has 0 radical (unpaired) electrons. The molecule has 1 aliphatic rings. The second-order valence-corrected chi connectivity index (χ2v) is 6.41. The van der Waals surface area contributed by atoms with Gasteiger partial charge >= 0.3 is 0 Å². The molecule has 118 valence electrons. The first-order valence-electron chi connectivity index (χ1n) is 7.39. The zero-order valence-electron chi connectivity index (χ0n) is 12.9. The molecule has 1 aromatic heterocycles. The van der Waals surface area contributed by atoms with E-state index in [2.05, 4.69) is 13.2 Å². The molecule has 2 atom stereocenters. The summed E-state index contributed by atoms with van der Waals surface area (Å²) in [5, 5.41) is 1.98. The van der Waals surface area contributed by atoms with E-state index in [0.717, 1.165) is 4.88 Å². The van der Waals surface area contributed by atoms with E-state index in [0.29, 0.717) is 25.9 Å². The minimum Gasteiger partial charge on any atom is -0.337 e. The monoisotopic (exact) mass is 318 g/mol. The average Bonchev–Trinajstić information content (AvgIpc) is 3.03. The standard InChI is InChI=1S/C17H22N2O2S/c1-4-10-19(11-5-2)17(21)13-8-9-15(20)18(3)16(13)14-7-6-12-22-14/h4-7,12-13,16H,1-2,8-11H2,3H3/t13-,16-/m0/s1. The van der Waals surface area contributed by atoms with Gasteiger partial charge in [-0.15, -0.1) is 24.5 Å². The zero-order valence-corrected chi connectivity index (χ0v) is 13.7. The van der Waals surface area contributed by atoms with Gasteiger partial charge in [-0.3, -0.25) is 9.59 Å². The van der Waals surface area contributed by atoms with Crippen molar-refractivity contribution in [2.75, 3.05) is 20.1 Å². The summed E-state index contributed by atoms with van der Waals surface area (Å²) < 4.78 is 0. The van der Waals surface area contributed by atoms with Crippen LogP contribution in [0, 0.1) is 5.92 Å². The zero-order chi connectivity index (χ0) is 16.1. The number of likely N-dealkylation sites (tertiary alicyclic amines) is 1. The number of thiophene rings is 1. The van der Waals surface area contributed by atoms with Crippen LogP contribution in [0.3, 0.4) is 0 Å². The highest BCUT2D eigenvalue weighted by Crippen LogP contribution is 2.38. The van der Waals surface area contributed by atoms with Crippen LogP contribution in [0.5, 0.6) is 0 Å². The van der Waals surface area contributed by atoms with Crippen LogP contribution >= 0.6 is 11.3 Å². The van der Waals surface area contributed by atoms with E-state index in [9.17, 15) is 9.59 Å². The molecule has 0 saturated carbocycles. The van der Waals surface area contributed by atoms with Crippen molar-refractivity contribution in [1.29, 1.82) is 0 Å². The molecule has 2 rings (SSSR count). The van der Waals surface area contributed by atoms with Gasteiger partial charge in [0.1, 0.15) is 0 Å². The Bertz CT molecular complexity index is 543. The molecule has 2 heterocycles. The van der Waals surface area contributed by atoms with Gasteiger partial charge in [0, 0.05) is 31.4 Å². The minimum absolute atomic E-state index is 0.0672.